The molecule has 0 amide bonds. The van der Waals surface area contributed by atoms with Crippen molar-refractivity contribution in [2.24, 2.45) is 4.99 Å². The van der Waals surface area contributed by atoms with Crippen LogP contribution < -0.4 is 9.67 Å². The Bertz CT molecular complexity index is 890. The van der Waals surface area contributed by atoms with E-state index in [1.165, 1.54) is 11.3 Å². The van der Waals surface area contributed by atoms with Gasteiger partial charge in [0.25, 0.3) is 0 Å². The molecule has 0 spiro atoms. The molecule has 120 valence electrons. The molecular weight excluding hydrogens is 370 g/mol. The zero-order chi connectivity index (χ0) is 15.8. The number of allylic oxidation sites excluding steroid dienone is 1. The van der Waals surface area contributed by atoms with Gasteiger partial charge in [0.05, 0.1) is 10.3 Å². The molecule has 2 aromatic rings. The van der Waals surface area contributed by atoms with Crippen molar-refractivity contribution in [2.45, 2.75) is 17.5 Å². The highest BCUT2D eigenvalue weighted by atomic mass is 35.5. The molecule has 2 aliphatic heterocycles. The van der Waals surface area contributed by atoms with Crippen LogP contribution in [0.15, 0.2) is 34.1 Å². The van der Waals surface area contributed by atoms with Crippen molar-refractivity contribution in [3.05, 3.63) is 49.3 Å². The maximum atomic E-state index is 12.1. The first-order chi connectivity index (χ1) is 11.2. The van der Waals surface area contributed by atoms with Gasteiger partial charge in [0, 0.05) is 34.8 Å². The van der Waals surface area contributed by atoms with Gasteiger partial charge in [0.1, 0.15) is 0 Å². The van der Waals surface area contributed by atoms with E-state index >= 15 is 0 Å². The van der Waals surface area contributed by atoms with E-state index in [1.807, 2.05) is 58.7 Å². The smallest absolute Gasteiger partial charge is 0.255 e. The normalized spacial score (nSPS) is 18.6. The van der Waals surface area contributed by atoms with Gasteiger partial charge in [0.15, 0.2) is 0 Å². The summed E-state index contributed by atoms with van der Waals surface area (Å²) < 4.78 is 3.95. The number of rotatable bonds is 2. The van der Waals surface area contributed by atoms with Gasteiger partial charge in [-0.1, -0.05) is 17.7 Å². The molecule has 4 nitrogen and oxygen atoms in total. The monoisotopic (exact) mass is 383 g/mol. The predicted octanol–water partition coefficient (Wildman–Crippen LogP) is 3.95. The maximum absolute atomic E-state index is 12.1. The summed E-state index contributed by atoms with van der Waals surface area (Å²) in [6.07, 6.45) is 4.76. The number of nitrogens with zero attached hydrogens (tertiary/aromatic N) is 3. The fraction of sp³-hybridized carbons (Fsp3) is 0.333. The molecule has 1 aromatic carbocycles. The highest BCUT2D eigenvalue weighted by Crippen LogP contribution is 2.48. The number of aromatic nitrogens is 2. The summed E-state index contributed by atoms with van der Waals surface area (Å²) in [5, 5.41) is 0.731. The number of hydrogen-bond acceptors (Lipinski definition) is 5. The van der Waals surface area contributed by atoms with Crippen LogP contribution in [0, 0.1) is 0 Å². The highest BCUT2D eigenvalue weighted by molar-refractivity contribution is 8.19. The first-order valence-electron chi connectivity index (χ1n) is 7.29. The molecule has 23 heavy (non-hydrogen) atoms. The summed E-state index contributed by atoms with van der Waals surface area (Å²) in [5.41, 5.74) is 2.06. The predicted molar refractivity (Wildman–Crippen MR) is 101 cm³/mol. The van der Waals surface area contributed by atoms with Gasteiger partial charge in [-0.05, 0) is 36.0 Å². The third-order valence-corrected chi connectivity index (χ3v) is 7.83. The van der Waals surface area contributed by atoms with Crippen molar-refractivity contribution in [3.63, 3.8) is 0 Å². The van der Waals surface area contributed by atoms with Crippen LogP contribution in [0.3, 0.4) is 0 Å². The van der Waals surface area contributed by atoms with E-state index in [0.717, 1.165) is 45.5 Å². The molecule has 1 saturated heterocycles. The van der Waals surface area contributed by atoms with Gasteiger partial charge in [-0.15, -0.1) is 23.5 Å². The van der Waals surface area contributed by atoms with Crippen molar-refractivity contribution < 1.29 is 0 Å². The number of hydrogen-bond donors (Lipinski definition) is 0. The average molecular weight is 384 g/mol. The number of benzene rings is 1. The lowest BCUT2D eigenvalue weighted by molar-refractivity contribution is 0.528. The third-order valence-electron chi connectivity index (χ3n) is 3.68. The molecule has 0 aliphatic carbocycles. The Kier molecular flexibility index (Phi) is 4.45. The second-order valence-electron chi connectivity index (χ2n) is 5.18. The van der Waals surface area contributed by atoms with E-state index in [0.29, 0.717) is 4.58 Å². The molecule has 0 bridgehead atoms. The second-order valence-corrected chi connectivity index (χ2v) is 9.26. The van der Waals surface area contributed by atoms with Crippen molar-refractivity contribution in [2.75, 3.05) is 11.5 Å². The van der Waals surface area contributed by atoms with Gasteiger partial charge < -0.3 is 0 Å². The fourth-order valence-corrected chi connectivity index (χ4v) is 6.54. The third kappa shape index (κ3) is 3.07. The van der Waals surface area contributed by atoms with Crippen LogP contribution >= 0.6 is 46.5 Å². The number of fused-ring (bicyclic) bond motifs is 1. The zero-order valence-electron chi connectivity index (χ0n) is 12.1. The molecule has 0 saturated carbocycles. The largest absolute Gasteiger partial charge is 0.329 e. The Morgan fingerprint density at radius 2 is 2.09 bits per heavy atom. The van der Waals surface area contributed by atoms with Crippen molar-refractivity contribution in [1.29, 1.82) is 0 Å². The van der Waals surface area contributed by atoms with E-state index < -0.39 is 0 Å². The highest BCUT2D eigenvalue weighted by Gasteiger charge is 2.22. The van der Waals surface area contributed by atoms with Crippen LogP contribution in [0.2, 0.25) is 5.02 Å². The minimum absolute atomic E-state index is 0.000157. The Labute approximate surface area is 150 Å². The van der Waals surface area contributed by atoms with E-state index in [2.05, 4.69) is 0 Å². The fourth-order valence-electron chi connectivity index (χ4n) is 2.62. The molecule has 3 heterocycles. The molecule has 0 atom stereocenters. The molecule has 0 N–H and O–H groups in total. The molecule has 2 aliphatic rings. The van der Waals surface area contributed by atoms with Gasteiger partial charge in [-0.25, -0.2) is 9.67 Å². The lowest BCUT2D eigenvalue weighted by Gasteiger charge is -2.13. The van der Waals surface area contributed by atoms with Crippen LogP contribution in [-0.2, 0) is 6.54 Å². The van der Waals surface area contributed by atoms with Gasteiger partial charge in [0.2, 0.25) is 4.80 Å². The zero-order valence-corrected chi connectivity index (χ0v) is 15.4. The molecule has 1 fully saturated rings. The Balaban J connectivity index is 1.86. The van der Waals surface area contributed by atoms with Crippen molar-refractivity contribution in [1.82, 2.24) is 9.36 Å². The quantitative estimate of drug-likeness (QED) is 0.788. The lowest BCUT2D eigenvalue weighted by atomic mass is 10.2. The van der Waals surface area contributed by atoms with Crippen LogP contribution in [0.25, 0.3) is 6.20 Å². The van der Waals surface area contributed by atoms with E-state index in [4.69, 9.17) is 16.6 Å². The summed E-state index contributed by atoms with van der Waals surface area (Å²) in [7, 11) is 0. The molecule has 0 radical (unpaired) electrons. The Morgan fingerprint density at radius 1 is 1.26 bits per heavy atom. The maximum Gasteiger partial charge on any atom is 0.329 e. The molecular formula is C15H14ClN3OS3. The first-order valence-corrected chi connectivity index (χ1v) is 10.6. The van der Waals surface area contributed by atoms with E-state index in [9.17, 15) is 4.79 Å². The number of thioether (sulfide) groups is 2. The lowest BCUT2D eigenvalue weighted by Crippen LogP contribution is -2.26. The van der Waals surface area contributed by atoms with Gasteiger partial charge in [-0.2, -0.15) is 0 Å². The molecule has 8 heteroatoms. The summed E-state index contributed by atoms with van der Waals surface area (Å²) >= 11 is 11.2. The van der Waals surface area contributed by atoms with Crippen LogP contribution in [0.5, 0.6) is 0 Å². The van der Waals surface area contributed by atoms with Crippen LogP contribution in [-0.4, -0.2) is 20.9 Å². The van der Waals surface area contributed by atoms with Gasteiger partial charge in [-0.3, -0.25) is 9.48 Å². The summed E-state index contributed by atoms with van der Waals surface area (Å²) in [6.45, 7) is 0.782. The Hall–Kier alpha value is -0.890. The number of halogens is 1. The van der Waals surface area contributed by atoms with Crippen molar-refractivity contribution >= 4 is 58.3 Å². The van der Waals surface area contributed by atoms with Crippen LogP contribution in [0.1, 0.15) is 16.6 Å². The van der Waals surface area contributed by atoms with E-state index in [-0.39, 0.29) is 4.87 Å². The van der Waals surface area contributed by atoms with Crippen LogP contribution in [0.4, 0.5) is 5.69 Å². The molecule has 4 rings (SSSR count). The topological polar surface area (TPSA) is 39.3 Å². The van der Waals surface area contributed by atoms with E-state index in [1.54, 1.807) is 4.68 Å². The summed E-state index contributed by atoms with van der Waals surface area (Å²) in [6, 6.07) is 5.83. The average Bonchev–Trinajstić information content (AvgIpc) is 3.19. The molecule has 0 unspecified atom stereocenters. The first kappa shape index (κ1) is 15.6. The SMILES string of the molecule is O=c1sc(=Nc2ccc(Cl)cc2C2SCCS2)n2n1C=CCC2. The Morgan fingerprint density at radius 3 is 2.91 bits per heavy atom. The second kappa shape index (κ2) is 6.55. The molecule has 1 aromatic heterocycles. The summed E-state index contributed by atoms with van der Waals surface area (Å²) in [5.74, 6) is 2.30. The minimum Gasteiger partial charge on any atom is -0.255 e. The minimum atomic E-state index is -0.000157. The van der Waals surface area contributed by atoms with Gasteiger partial charge >= 0.3 is 4.87 Å². The standard InChI is InChI=1S/C15H14ClN3OS3/c16-10-3-4-12(11(9-10)13-21-7-8-22-13)17-14-18-5-1-2-6-19(18)15(20)23-14/h2-4,6,9,13H,1,5,7-8H2. The van der Waals surface area contributed by atoms with Crippen molar-refractivity contribution in [3.8, 4) is 0 Å². The summed E-state index contributed by atoms with van der Waals surface area (Å²) in [4.78, 5) is 17.6.